The average Bonchev–Trinajstić information content (AvgIpc) is 3.00. The molecule has 126 valence electrons. The number of nitrogens with zero attached hydrogens (tertiary/aromatic N) is 3. The van der Waals surface area contributed by atoms with Crippen molar-refractivity contribution in [3.63, 3.8) is 0 Å². The standard InChI is InChI=1S/C13H18N4O3S3/c1-14-12-15-16-13(22-12)21-9-8-20-10-4-6-11(7-5-10)23(18,19)17(2)3/h4-7H,8-9H2,1-3H3,(H,14,15). The molecule has 2 aromatic rings. The predicted molar refractivity (Wildman–Crippen MR) is 93.0 cm³/mol. The molecule has 0 spiro atoms. The quantitative estimate of drug-likeness (QED) is 0.559. The summed E-state index contributed by atoms with van der Waals surface area (Å²) < 4.78 is 31.6. The van der Waals surface area contributed by atoms with Gasteiger partial charge in [0.2, 0.25) is 15.2 Å². The Bertz CT molecular complexity index is 729. The Morgan fingerprint density at radius 1 is 1.26 bits per heavy atom. The summed E-state index contributed by atoms with van der Waals surface area (Å²) in [5.74, 6) is 1.37. The zero-order valence-corrected chi connectivity index (χ0v) is 15.5. The molecule has 0 radical (unpaired) electrons. The smallest absolute Gasteiger partial charge is 0.242 e. The van der Waals surface area contributed by atoms with Crippen LogP contribution in [0.25, 0.3) is 0 Å². The van der Waals surface area contributed by atoms with Gasteiger partial charge in [0.05, 0.1) is 11.5 Å². The highest BCUT2D eigenvalue weighted by Crippen LogP contribution is 2.25. The number of hydrogen-bond donors (Lipinski definition) is 1. The van der Waals surface area contributed by atoms with Crippen molar-refractivity contribution in [3.05, 3.63) is 24.3 Å². The summed E-state index contributed by atoms with van der Waals surface area (Å²) in [6.07, 6.45) is 0. The van der Waals surface area contributed by atoms with E-state index in [0.717, 1.165) is 15.2 Å². The van der Waals surface area contributed by atoms with Crippen molar-refractivity contribution in [2.45, 2.75) is 9.24 Å². The van der Waals surface area contributed by atoms with Crippen molar-refractivity contribution in [3.8, 4) is 5.75 Å². The molecule has 1 heterocycles. The lowest BCUT2D eigenvalue weighted by molar-refractivity contribution is 0.343. The van der Waals surface area contributed by atoms with E-state index in [1.165, 1.54) is 29.7 Å². The van der Waals surface area contributed by atoms with Crippen LogP contribution >= 0.6 is 23.1 Å². The number of ether oxygens (including phenoxy) is 1. The van der Waals surface area contributed by atoms with Gasteiger partial charge in [-0.15, -0.1) is 10.2 Å². The van der Waals surface area contributed by atoms with E-state index in [0.29, 0.717) is 12.4 Å². The highest BCUT2D eigenvalue weighted by Gasteiger charge is 2.16. The van der Waals surface area contributed by atoms with E-state index >= 15 is 0 Å². The van der Waals surface area contributed by atoms with E-state index in [-0.39, 0.29) is 4.90 Å². The summed E-state index contributed by atoms with van der Waals surface area (Å²) in [6, 6.07) is 6.40. The second kappa shape index (κ2) is 7.95. The highest BCUT2D eigenvalue weighted by atomic mass is 32.2. The van der Waals surface area contributed by atoms with E-state index in [1.54, 1.807) is 43.1 Å². The lowest BCUT2D eigenvalue weighted by Gasteiger charge is -2.12. The minimum Gasteiger partial charge on any atom is -0.493 e. The number of rotatable bonds is 8. The maximum Gasteiger partial charge on any atom is 0.242 e. The molecule has 7 nitrogen and oxygen atoms in total. The van der Waals surface area contributed by atoms with Gasteiger partial charge in [0.15, 0.2) is 4.34 Å². The van der Waals surface area contributed by atoms with Crippen LogP contribution in [0, 0.1) is 0 Å². The number of thioether (sulfide) groups is 1. The van der Waals surface area contributed by atoms with E-state index in [9.17, 15) is 8.42 Å². The van der Waals surface area contributed by atoms with Gasteiger partial charge < -0.3 is 10.1 Å². The van der Waals surface area contributed by atoms with Crippen molar-refractivity contribution in [2.75, 3.05) is 38.8 Å². The third-order valence-electron chi connectivity index (χ3n) is 2.80. The number of anilines is 1. The Labute approximate surface area is 144 Å². The summed E-state index contributed by atoms with van der Waals surface area (Å²) in [7, 11) is 1.41. The molecule has 0 aliphatic heterocycles. The molecule has 23 heavy (non-hydrogen) atoms. The van der Waals surface area contributed by atoms with Crippen LogP contribution in [0.15, 0.2) is 33.5 Å². The molecule has 2 rings (SSSR count). The lowest BCUT2D eigenvalue weighted by atomic mass is 10.3. The summed E-state index contributed by atoms with van der Waals surface area (Å²) >= 11 is 3.05. The average molecular weight is 375 g/mol. The Balaban J connectivity index is 1.82. The van der Waals surface area contributed by atoms with Crippen LogP contribution in [0.5, 0.6) is 5.75 Å². The van der Waals surface area contributed by atoms with Crippen LogP contribution < -0.4 is 10.1 Å². The fourth-order valence-electron chi connectivity index (χ4n) is 1.58. The predicted octanol–water partition coefficient (Wildman–Crippen LogP) is 2.00. The molecule has 1 aromatic heterocycles. The summed E-state index contributed by atoms with van der Waals surface area (Å²) in [6.45, 7) is 0.499. The van der Waals surface area contributed by atoms with Crippen molar-refractivity contribution in [2.24, 2.45) is 0 Å². The van der Waals surface area contributed by atoms with Gasteiger partial charge in [0.25, 0.3) is 0 Å². The maximum atomic E-state index is 12.0. The minimum absolute atomic E-state index is 0.248. The van der Waals surface area contributed by atoms with Crippen LogP contribution in [-0.2, 0) is 10.0 Å². The Kier molecular flexibility index (Phi) is 6.22. The molecular formula is C13H18N4O3S3. The monoisotopic (exact) mass is 374 g/mol. The van der Waals surface area contributed by atoms with Crippen LogP contribution in [0.1, 0.15) is 0 Å². The summed E-state index contributed by atoms with van der Waals surface area (Å²) in [4.78, 5) is 0.248. The zero-order valence-electron chi connectivity index (χ0n) is 13.0. The number of nitrogens with one attached hydrogen (secondary N) is 1. The van der Waals surface area contributed by atoms with E-state index in [4.69, 9.17) is 4.74 Å². The minimum atomic E-state index is -3.40. The number of aromatic nitrogens is 2. The maximum absolute atomic E-state index is 12.0. The summed E-state index contributed by atoms with van der Waals surface area (Å²) in [5, 5.41) is 11.7. The van der Waals surface area contributed by atoms with Crippen LogP contribution in [0.4, 0.5) is 5.13 Å². The van der Waals surface area contributed by atoms with Crippen LogP contribution in [0.2, 0.25) is 0 Å². The van der Waals surface area contributed by atoms with Crippen LogP contribution in [-0.4, -0.2) is 56.4 Å². The van der Waals surface area contributed by atoms with Gasteiger partial charge >= 0.3 is 0 Å². The van der Waals surface area contributed by atoms with Gasteiger partial charge in [-0.25, -0.2) is 12.7 Å². The van der Waals surface area contributed by atoms with Gasteiger partial charge in [0, 0.05) is 26.9 Å². The third-order valence-corrected chi connectivity index (χ3v) is 6.67. The normalized spacial score (nSPS) is 11.7. The second-order valence-corrected chi connectivity index (χ2v) is 9.05. The Morgan fingerprint density at radius 2 is 1.96 bits per heavy atom. The Hall–Kier alpha value is -1.36. The molecule has 0 aliphatic carbocycles. The SMILES string of the molecule is CNc1nnc(SCCOc2ccc(S(=O)(=O)N(C)C)cc2)s1. The molecule has 1 aromatic carbocycles. The first kappa shape index (κ1) is 18.0. The number of benzene rings is 1. The summed E-state index contributed by atoms with van der Waals surface area (Å²) in [5.41, 5.74) is 0. The highest BCUT2D eigenvalue weighted by molar-refractivity contribution is 8.01. The Morgan fingerprint density at radius 3 is 2.52 bits per heavy atom. The molecule has 0 bridgehead atoms. The molecule has 1 N–H and O–H groups in total. The van der Waals surface area contributed by atoms with Gasteiger partial charge in [-0.2, -0.15) is 0 Å². The topological polar surface area (TPSA) is 84.4 Å². The first-order valence-electron chi connectivity index (χ1n) is 6.73. The molecule has 0 unspecified atom stereocenters. The van der Waals surface area contributed by atoms with Gasteiger partial charge in [0.1, 0.15) is 5.75 Å². The van der Waals surface area contributed by atoms with Crippen molar-refractivity contribution >= 4 is 38.3 Å². The molecule has 0 saturated carbocycles. The van der Waals surface area contributed by atoms with E-state index in [1.807, 2.05) is 0 Å². The van der Waals surface area contributed by atoms with E-state index in [2.05, 4.69) is 15.5 Å². The fourth-order valence-corrected chi connectivity index (χ4v) is 4.07. The van der Waals surface area contributed by atoms with Gasteiger partial charge in [-0.3, -0.25) is 0 Å². The van der Waals surface area contributed by atoms with Crippen molar-refractivity contribution in [1.29, 1.82) is 0 Å². The van der Waals surface area contributed by atoms with Gasteiger partial charge in [-0.1, -0.05) is 23.1 Å². The number of hydrogen-bond acceptors (Lipinski definition) is 8. The van der Waals surface area contributed by atoms with Crippen molar-refractivity contribution < 1.29 is 13.2 Å². The molecule has 0 fully saturated rings. The molecule has 0 aliphatic rings. The first-order valence-corrected chi connectivity index (χ1v) is 9.97. The largest absolute Gasteiger partial charge is 0.493 e. The molecular weight excluding hydrogens is 356 g/mol. The molecule has 0 atom stereocenters. The third kappa shape index (κ3) is 4.80. The fraction of sp³-hybridized carbons (Fsp3) is 0.385. The molecule has 0 amide bonds. The lowest BCUT2D eigenvalue weighted by Crippen LogP contribution is -2.22. The van der Waals surface area contributed by atoms with Crippen LogP contribution in [0.3, 0.4) is 0 Å². The van der Waals surface area contributed by atoms with Crippen molar-refractivity contribution in [1.82, 2.24) is 14.5 Å². The second-order valence-electron chi connectivity index (χ2n) is 4.58. The molecule has 0 saturated heterocycles. The van der Waals surface area contributed by atoms with E-state index < -0.39 is 10.0 Å². The first-order chi connectivity index (χ1) is 10.9. The number of sulfonamides is 1. The zero-order chi connectivity index (χ0) is 16.9. The molecule has 10 heteroatoms. The van der Waals surface area contributed by atoms with Gasteiger partial charge in [-0.05, 0) is 24.3 Å².